The fraction of sp³-hybridized carbons (Fsp3) is 0.889. The van der Waals surface area contributed by atoms with Gasteiger partial charge in [-0.15, -0.1) is 0 Å². The van der Waals surface area contributed by atoms with Crippen LogP contribution in [0, 0.1) is 18.3 Å². The normalized spacial score (nSPS) is 36.7. The molecule has 0 N–H and O–H groups in total. The maximum Gasteiger partial charge on any atom is -0.0355 e. The zero-order valence-electron chi connectivity index (χ0n) is 6.56. The van der Waals surface area contributed by atoms with Gasteiger partial charge in [0.25, 0.3) is 0 Å². The molecule has 0 aliphatic heterocycles. The van der Waals surface area contributed by atoms with Crippen molar-refractivity contribution in [2.75, 3.05) is 0 Å². The van der Waals surface area contributed by atoms with Crippen LogP contribution < -0.4 is 0 Å². The summed E-state index contributed by atoms with van der Waals surface area (Å²) in [4.78, 5) is 0. The molecular formula is C9H17. The Bertz CT molecular complexity index is 76.1. The van der Waals surface area contributed by atoms with Crippen molar-refractivity contribution in [3.63, 3.8) is 0 Å². The van der Waals surface area contributed by atoms with Crippen molar-refractivity contribution in [2.24, 2.45) is 11.8 Å². The van der Waals surface area contributed by atoms with E-state index in [2.05, 4.69) is 20.3 Å². The van der Waals surface area contributed by atoms with Gasteiger partial charge in [0.15, 0.2) is 0 Å². The molecule has 0 spiro atoms. The van der Waals surface area contributed by atoms with Crippen LogP contribution in [-0.4, -0.2) is 0 Å². The monoisotopic (exact) mass is 125 g/mol. The van der Waals surface area contributed by atoms with Crippen molar-refractivity contribution < 1.29 is 0 Å². The zero-order valence-corrected chi connectivity index (χ0v) is 6.56. The predicted octanol–water partition coefficient (Wildman–Crippen LogP) is 3.04. The lowest BCUT2D eigenvalue weighted by Gasteiger charge is -2.26. The molecule has 1 saturated carbocycles. The molecule has 0 bridgehead atoms. The second-order valence-electron chi connectivity index (χ2n) is 3.19. The molecule has 0 nitrogen and oxygen atoms in total. The van der Waals surface area contributed by atoms with Crippen molar-refractivity contribution in [3.05, 3.63) is 6.42 Å². The van der Waals surface area contributed by atoms with E-state index >= 15 is 0 Å². The van der Waals surface area contributed by atoms with Gasteiger partial charge in [0.05, 0.1) is 0 Å². The van der Waals surface area contributed by atoms with E-state index in [-0.39, 0.29) is 0 Å². The van der Waals surface area contributed by atoms with Crippen molar-refractivity contribution >= 4 is 0 Å². The highest BCUT2D eigenvalue weighted by Crippen LogP contribution is 2.30. The van der Waals surface area contributed by atoms with Crippen LogP contribution in [0.4, 0.5) is 0 Å². The average molecular weight is 125 g/mol. The summed E-state index contributed by atoms with van der Waals surface area (Å²) in [5, 5.41) is 0. The summed E-state index contributed by atoms with van der Waals surface area (Å²) >= 11 is 0. The summed E-state index contributed by atoms with van der Waals surface area (Å²) < 4.78 is 0. The summed E-state index contributed by atoms with van der Waals surface area (Å²) in [5.41, 5.74) is 0. The molecule has 53 valence electrons. The molecular weight excluding hydrogens is 108 g/mol. The van der Waals surface area contributed by atoms with Gasteiger partial charge in [-0.1, -0.05) is 33.1 Å². The Labute approximate surface area is 58.7 Å². The topological polar surface area (TPSA) is 0 Å². The summed E-state index contributed by atoms with van der Waals surface area (Å²) in [6, 6.07) is 0. The van der Waals surface area contributed by atoms with Gasteiger partial charge in [0.2, 0.25) is 0 Å². The summed E-state index contributed by atoms with van der Waals surface area (Å²) in [7, 11) is 0. The fourth-order valence-corrected chi connectivity index (χ4v) is 1.79. The van der Waals surface area contributed by atoms with Crippen LogP contribution >= 0.6 is 0 Å². The van der Waals surface area contributed by atoms with E-state index in [1.807, 2.05) is 0 Å². The highest BCUT2D eigenvalue weighted by Gasteiger charge is 2.18. The molecule has 0 aromatic rings. The molecule has 2 unspecified atom stereocenters. The molecule has 0 aromatic carbocycles. The summed E-state index contributed by atoms with van der Waals surface area (Å²) in [6.07, 6.45) is 8.12. The second kappa shape index (κ2) is 3.24. The quantitative estimate of drug-likeness (QED) is 0.505. The molecule has 0 saturated heterocycles. The van der Waals surface area contributed by atoms with Gasteiger partial charge in [-0.25, -0.2) is 0 Å². The number of hydrogen-bond donors (Lipinski definition) is 0. The minimum atomic E-state index is 0.892. The molecule has 1 radical (unpaired) electrons. The molecule has 0 heteroatoms. The van der Waals surface area contributed by atoms with E-state index in [0.717, 1.165) is 11.8 Å². The Kier molecular flexibility index (Phi) is 2.56. The first-order chi connectivity index (χ1) is 4.34. The van der Waals surface area contributed by atoms with E-state index in [0.29, 0.717) is 0 Å². The average Bonchev–Trinajstić information content (AvgIpc) is 1.89. The SMILES string of the molecule is CCC1CCC[CH]C1C. The molecule has 1 aliphatic carbocycles. The van der Waals surface area contributed by atoms with Crippen molar-refractivity contribution in [1.29, 1.82) is 0 Å². The smallest absolute Gasteiger partial charge is 0.0355 e. The van der Waals surface area contributed by atoms with Gasteiger partial charge in [0, 0.05) is 0 Å². The van der Waals surface area contributed by atoms with Crippen LogP contribution in [0.1, 0.15) is 39.5 Å². The lowest BCUT2D eigenvalue weighted by atomic mass is 9.79. The highest BCUT2D eigenvalue weighted by molar-refractivity contribution is 4.83. The Balaban J connectivity index is 2.30. The summed E-state index contributed by atoms with van der Waals surface area (Å²) in [5.74, 6) is 1.89. The lowest BCUT2D eigenvalue weighted by Crippen LogP contribution is -2.15. The van der Waals surface area contributed by atoms with Crippen LogP contribution in [0.25, 0.3) is 0 Å². The predicted molar refractivity (Wildman–Crippen MR) is 41.1 cm³/mol. The van der Waals surface area contributed by atoms with Crippen molar-refractivity contribution in [1.82, 2.24) is 0 Å². The van der Waals surface area contributed by atoms with Gasteiger partial charge in [-0.3, -0.25) is 0 Å². The molecule has 1 aliphatic rings. The van der Waals surface area contributed by atoms with Gasteiger partial charge in [0.1, 0.15) is 0 Å². The Morgan fingerprint density at radius 3 is 2.78 bits per heavy atom. The largest absolute Gasteiger partial charge is 0.0651 e. The van der Waals surface area contributed by atoms with Crippen molar-refractivity contribution in [2.45, 2.75) is 39.5 Å². The molecule has 1 rings (SSSR count). The number of rotatable bonds is 1. The Hall–Kier alpha value is 0. The Morgan fingerprint density at radius 2 is 2.33 bits per heavy atom. The van der Waals surface area contributed by atoms with Crippen LogP contribution in [0.15, 0.2) is 0 Å². The van der Waals surface area contributed by atoms with Crippen LogP contribution in [0.3, 0.4) is 0 Å². The third-order valence-electron chi connectivity index (χ3n) is 2.59. The summed E-state index contributed by atoms with van der Waals surface area (Å²) in [6.45, 7) is 4.66. The first kappa shape index (κ1) is 7.11. The standard InChI is InChI=1S/C9H17/c1-3-9-7-5-4-6-8(9)2/h6,8-9H,3-5,7H2,1-2H3. The Morgan fingerprint density at radius 1 is 1.56 bits per heavy atom. The minimum Gasteiger partial charge on any atom is -0.0651 e. The van der Waals surface area contributed by atoms with Gasteiger partial charge >= 0.3 is 0 Å². The minimum absolute atomic E-state index is 0.892. The van der Waals surface area contributed by atoms with Crippen LogP contribution in [0.5, 0.6) is 0 Å². The molecule has 0 aromatic heterocycles. The molecule has 1 fully saturated rings. The zero-order chi connectivity index (χ0) is 6.69. The third kappa shape index (κ3) is 1.70. The van der Waals surface area contributed by atoms with E-state index in [1.54, 1.807) is 0 Å². The lowest BCUT2D eigenvalue weighted by molar-refractivity contribution is 0.308. The maximum absolute atomic E-state index is 2.48. The maximum atomic E-state index is 2.48. The van der Waals surface area contributed by atoms with E-state index in [4.69, 9.17) is 0 Å². The fourth-order valence-electron chi connectivity index (χ4n) is 1.79. The van der Waals surface area contributed by atoms with E-state index in [1.165, 1.54) is 25.7 Å². The van der Waals surface area contributed by atoms with Crippen LogP contribution in [0.2, 0.25) is 0 Å². The van der Waals surface area contributed by atoms with Crippen LogP contribution in [-0.2, 0) is 0 Å². The molecule has 2 atom stereocenters. The van der Waals surface area contributed by atoms with E-state index in [9.17, 15) is 0 Å². The number of hydrogen-bond acceptors (Lipinski definition) is 0. The highest BCUT2D eigenvalue weighted by atomic mass is 14.2. The van der Waals surface area contributed by atoms with Gasteiger partial charge in [-0.2, -0.15) is 0 Å². The molecule has 9 heavy (non-hydrogen) atoms. The first-order valence-corrected chi connectivity index (χ1v) is 4.18. The van der Waals surface area contributed by atoms with E-state index < -0.39 is 0 Å². The van der Waals surface area contributed by atoms with Crippen molar-refractivity contribution in [3.8, 4) is 0 Å². The molecule has 0 heterocycles. The molecule has 0 amide bonds. The van der Waals surface area contributed by atoms with Gasteiger partial charge < -0.3 is 0 Å². The first-order valence-electron chi connectivity index (χ1n) is 4.18. The third-order valence-corrected chi connectivity index (χ3v) is 2.59. The van der Waals surface area contributed by atoms with Gasteiger partial charge in [-0.05, 0) is 24.7 Å². The second-order valence-corrected chi connectivity index (χ2v) is 3.19.